The van der Waals surface area contributed by atoms with E-state index in [1.54, 1.807) is 33.0 Å². The number of halogens is 7. The van der Waals surface area contributed by atoms with Crippen LogP contribution >= 0.6 is 0 Å². The highest BCUT2D eigenvalue weighted by Crippen LogP contribution is 2.41. The van der Waals surface area contributed by atoms with E-state index in [-0.39, 0.29) is 23.9 Å². The Morgan fingerprint density at radius 2 is 1.35 bits per heavy atom. The van der Waals surface area contributed by atoms with Crippen LogP contribution in [-0.4, -0.2) is 43.1 Å². The van der Waals surface area contributed by atoms with Gasteiger partial charge in [-0.2, -0.15) is 26.3 Å². The number of rotatable bonds is 6. The van der Waals surface area contributed by atoms with Crippen molar-refractivity contribution in [2.75, 3.05) is 38.1 Å². The molecular weight excluding hydrogens is 535 g/mol. The normalized spacial score (nSPS) is 15.5. The van der Waals surface area contributed by atoms with E-state index in [1.165, 1.54) is 12.1 Å². The second-order valence-electron chi connectivity index (χ2n) is 11.1. The lowest BCUT2D eigenvalue weighted by atomic mass is 9.78. The minimum Gasteiger partial charge on any atom is -0.354 e. The van der Waals surface area contributed by atoms with Crippen LogP contribution in [0.1, 0.15) is 48.1 Å². The van der Waals surface area contributed by atoms with Gasteiger partial charge in [-0.3, -0.25) is 0 Å². The Hall–Kier alpha value is -3.14. The average Bonchev–Trinajstić information content (AvgIpc) is 2.87. The second-order valence-corrected chi connectivity index (χ2v) is 11.1. The lowest BCUT2D eigenvalue weighted by Crippen LogP contribution is -2.44. The van der Waals surface area contributed by atoms with Crippen LogP contribution in [0.3, 0.4) is 0 Å². The number of hydrogen-bond donors (Lipinski definition) is 0. The summed E-state index contributed by atoms with van der Waals surface area (Å²) in [5.74, 6) is 0.393. The number of aromatic nitrogens is 1. The molecule has 40 heavy (non-hydrogen) atoms. The highest BCUT2D eigenvalue weighted by atomic mass is 19.4. The minimum atomic E-state index is -4.91. The van der Waals surface area contributed by atoms with Crippen LogP contribution in [0, 0.1) is 12.7 Å². The van der Waals surface area contributed by atoms with Crippen molar-refractivity contribution in [3.05, 3.63) is 82.3 Å². The Kier molecular flexibility index (Phi) is 8.23. The molecule has 4 rings (SSSR count). The van der Waals surface area contributed by atoms with E-state index in [4.69, 9.17) is 0 Å². The number of nitrogens with zero attached hydrogens (tertiary/aromatic N) is 3. The van der Waals surface area contributed by atoms with Crippen LogP contribution in [0.15, 0.2) is 48.7 Å². The number of anilines is 1. The molecule has 2 heterocycles. The molecule has 1 fully saturated rings. The molecule has 0 atom stereocenters. The molecule has 1 saturated heterocycles. The number of likely N-dealkylation sites (N-methyl/N-ethyl adjacent to an activating group) is 1. The quantitative estimate of drug-likeness (QED) is 0.283. The van der Waals surface area contributed by atoms with Crippen LogP contribution < -0.4 is 4.90 Å². The van der Waals surface area contributed by atoms with Gasteiger partial charge in [0.05, 0.1) is 11.1 Å². The van der Waals surface area contributed by atoms with Crippen molar-refractivity contribution >= 4 is 5.82 Å². The summed E-state index contributed by atoms with van der Waals surface area (Å²) < 4.78 is 94.8. The van der Waals surface area contributed by atoms with Gasteiger partial charge in [-0.05, 0) is 96.4 Å². The van der Waals surface area contributed by atoms with E-state index < -0.39 is 28.9 Å². The molecule has 0 amide bonds. The predicted octanol–water partition coefficient (Wildman–Crippen LogP) is 7.90. The van der Waals surface area contributed by atoms with Gasteiger partial charge in [0, 0.05) is 32.4 Å². The lowest BCUT2D eigenvalue weighted by Gasteiger charge is -2.33. The first-order valence-corrected chi connectivity index (χ1v) is 13.0. The predicted molar refractivity (Wildman–Crippen MR) is 142 cm³/mol. The smallest absolute Gasteiger partial charge is 0.354 e. The molecule has 0 N–H and O–H groups in total. The Labute approximate surface area is 229 Å². The van der Waals surface area contributed by atoms with Gasteiger partial charge in [0.25, 0.3) is 0 Å². The molecule has 1 aromatic heterocycles. The molecule has 10 heteroatoms. The number of piperazine rings is 1. The first-order chi connectivity index (χ1) is 18.5. The van der Waals surface area contributed by atoms with Gasteiger partial charge in [-0.15, -0.1) is 0 Å². The van der Waals surface area contributed by atoms with Gasteiger partial charge in [0.15, 0.2) is 0 Å². The maximum atomic E-state index is 13.9. The Morgan fingerprint density at radius 1 is 0.775 bits per heavy atom. The van der Waals surface area contributed by atoms with Crippen molar-refractivity contribution in [1.29, 1.82) is 0 Å². The van der Waals surface area contributed by atoms with Crippen molar-refractivity contribution in [2.45, 2.75) is 51.4 Å². The van der Waals surface area contributed by atoms with E-state index in [1.807, 2.05) is 13.1 Å². The third kappa shape index (κ3) is 6.77. The van der Waals surface area contributed by atoms with Crippen molar-refractivity contribution in [3.8, 4) is 11.1 Å². The Bertz CT molecular complexity index is 1320. The van der Waals surface area contributed by atoms with Crippen LogP contribution in [0.4, 0.5) is 36.6 Å². The molecular formula is C30H32F7N3. The maximum absolute atomic E-state index is 13.9. The van der Waals surface area contributed by atoms with E-state index in [9.17, 15) is 30.7 Å². The molecule has 1 aliphatic heterocycles. The highest BCUT2D eigenvalue weighted by Gasteiger charge is 2.38. The molecule has 0 spiro atoms. The van der Waals surface area contributed by atoms with Gasteiger partial charge < -0.3 is 9.80 Å². The third-order valence-electron chi connectivity index (χ3n) is 7.67. The summed E-state index contributed by atoms with van der Waals surface area (Å²) in [4.78, 5) is 9.05. The van der Waals surface area contributed by atoms with Crippen molar-refractivity contribution in [1.82, 2.24) is 9.88 Å². The number of benzene rings is 2. The first-order valence-electron chi connectivity index (χ1n) is 13.0. The fraction of sp³-hybridized carbons (Fsp3) is 0.433. The Balaban J connectivity index is 1.70. The Morgan fingerprint density at radius 3 is 1.90 bits per heavy atom. The number of aryl methyl sites for hydroxylation is 2. The van der Waals surface area contributed by atoms with Crippen LogP contribution in [0.2, 0.25) is 0 Å². The number of alkyl halides is 6. The summed E-state index contributed by atoms with van der Waals surface area (Å²) >= 11 is 0. The maximum Gasteiger partial charge on any atom is 0.416 e. The highest BCUT2D eigenvalue weighted by molar-refractivity contribution is 5.73. The molecule has 3 nitrogen and oxygen atoms in total. The summed E-state index contributed by atoms with van der Waals surface area (Å²) in [5.41, 5.74) is -0.615. The molecule has 2 aromatic carbocycles. The third-order valence-corrected chi connectivity index (χ3v) is 7.67. The minimum absolute atomic E-state index is 0.0452. The van der Waals surface area contributed by atoms with Gasteiger partial charge in [-0.1, -0.05) is 19.9 Å². The van der Waals surface area contributed by atoms with Crippen molar-refractivity contribution < 1.29 is 30.7 Å². The van der Waals surface area contributed by atoms with Crippen molar-refractivity contribution in [2.24, 2.45) is 0 Å². The summed E-state index contributed by atoms with van der Waals surface area (Å²) in [7, 11) is 2.05. The molecule has 0 bridgehead atoms. The molecule has 216 valence electrons. The summed E-state index contributed by atoms with van der Waals surface area (Å²) in [6.07, 6.45) is -7.51. The van der Waals surface area contributed by atoms with E-state index >= 15 is 0 Å². The number of pyridine rings is 1. The summed E-state index contributed by atoms with van der Waals surface area (Å²) in [6.45, 7) is 8.39. The lowest BCUT2D eigenvalue weighted by molar-refractivity contribution is -0.143. The van der Waals surface area contributed by atoms with Crippen LogP contribution in [-0.2, 0) is 24.2 Å². The summed E-state index contributed by atoms with van der Waals surface area (Å²) in [6, 6.07) is 8.18. The van der Waals surface area contributed by atoms with E-state index in [2.05, 4.69) is 14.8 Å². The molecule has 0 unspecified atom stereocenters. The van der Waals surface area contributed by atoms with E-state index in [0.29, 0.717) is 12.0 Å². The molecule has 3 aromatic rings. The second kappa shape index (κ2) is 11.0. The molecule has 0 aliphatic carbocycles. The van der Waals surface area contributed by atoms with Gasteiger partial charge in [0.1, 0.15) is 11.6 Å². The zero-order valence-electron chi connectivity index (χ0n) is 22.8. The van der Waals surface area contributed by atoms with Crippen molar-refractivity contribution in [3.63, 3.8) is 0 Å². The van der Waals surface area contributed by atoms with Crippen LogP contribution in [0.5, 0.6) is 0 Å². The summed E-state index contributed by atoms with van der Waals surface area (Å²) in [5, 5.41) is 0. The van der Waals surface area contributed by atoms with E-state index in [0.717, 1.165) is 60.8 Å². The van der Waals surface area contributed by atoms with Gasteiger partial charge in [0.2, 0.25) is 0 Å². The fourth-order valence-electron chi connectivity index (χ4n) is 5.00. The monoisotopic (exact) mass is 567 g/mol. The fourth-order valence-corrected chi connectivity index (χ4v) is 5.00. The molecule has 0 radical (unpaired) electrons. The number of hydrogen-bond acceptors (Lipinski definition) is 3. The molecule has 0 saturated carbocycles. The SMILES string of the molecule is Cc1cc(F)ccc1-c1cc(N2CCN(C)CC2)ncc1CCC(C)(C)c1cc(C(F)(F)F)cc(C(F)(F)F)c1. The topological polar surface area (TPSA) is 19.4 Å². The zero-order valence-corrected chi connectivity index (χ0v) is 22.8. The van der Waals surface area contributed by atoms with Crippen LogP contribution in [0.25, 0.3) is 11.1 Å². The average molecular weight is 568 g/mol. The molecule has 1 aliphatic rings. The van der Waals surface area contributed by atoms with Gasteiger partial charge in [-0.25, -0.2) is 9.37 Å². The standard InChI is InChI=1S/C30H32F7N3/c1-19-13-24(31)5-6-25(19)26-17-27(40-11-9-39(4)10-12-40)38-18-20(26)7-8-28(2,3)21-14-22(29(32,33)34)16-23(15-21)30(35,36)37/h5-6,13-18H,7-12H2,1-4H3. The van der Waals surface area contributed by atoms with Gasteiger partial charge >= 0.3 is 12.4 Å². The zero-order chi connectivity index (χ0) is 29.5. The largest absolute Gasteiger partial charge is 0.416 e. The first kappa shape index (κ1) is 29.8.